The van der Waals surface area contributed by atoms with E-state index in [4.69, 9.17) is 9.47 Å². The minimum Gasteiger partial charge on any atom is -0.481 e. The molecule has 0 saturated carbocycles. The maximum Gasteiger partial charge on any atom is 0.345 e. The van der Waals surface area contributed by atoms with Crippen molar-refractivity contribution in [3.05, 3.63) is 94.1 Å². The molecule has 188 valence electrons. The van der Waals surface area contributed by atoms with Gasteiger partial charge in [0.2, 0.25) is 10.7 Å². The lowest BCUT2D eigenvalue weighted by molar-refractivity contribution is -0.154. The molecule has 3 aromatic carbocycles. The second kappa shape index (κ2) is 10.6. The molecule has 0 spiro atoms. The Balaban J connectivity index is 1.50. The first-order valence-electron chi connectivity index (χ1n) is 11.8. The molecular formula is C31H28FO4S+. The summed E-state index contributed by atoms with van der Waals surface area (Å²) in [6.45, 7) is 8.57. The average Bonchev–Trinajstić information content (AvgIpc) is 3.23. The quantitative estimate of drug-likeness (QED) is 0.117. The van der Waals surface area contributed by atoms with E-state index in [0.717, 1.165) is 31.0 Å². The number of benzene rings is 3. The Labute approximate surface area is 219 Å². The van der Waals surface area contributed by atoms with Gasteiger partial charge in [-0.15, -0.1) is 0 Å². The van der Waals surface area contributed by atoms with E-state index in [1.165, 1.54) is 12.1 Å². The van der Waals surface area contributed by atoms with Gasteiger partial charge in [-0.25, -0.2) is 9.18 Å². The number of hydrogen-bond acceptors (Lipinski definition) is 4. The Kier molecular flexibility index (Phi) is 7.47. The van der Waals surface area contributed by atoms with Crippen LogP contribution in [0.15, 0.2) is 66.7 Å². The zero-order chi connectivity index (χ0) is 26.7. The van der Waals surface area contributed by atoms with Crippen molar-refractivity contribution in [2.24, 2.45) is 0 Å². The molecule has 4 rings (SSSR count). The van der Waals surface area contributed by atoms with Gasteiger partial charge < -0.3 is 9.47 Å². The average molecular weight is 516 g/mol. The summed E-state index contributed by atoms with van der Waals surface area (Å²) >= 11 is 0. The monoisotopic (exact) mass is 515 g/mol. The van der Waals surface area contributed by atoms with E-state index in [2.05, 4.69) is 17.9 Å². The summed E-state index contributed by atoms with van der Waals surface area (Å²) in [5.41, 5.74) is 1.33. The molecule has 1 aromatic heterocycles. The molecule has 0 radical (unpaired) electrons. The highest BCUT2D eigenvalue weighted by molar-refractivity contribution is 7.46. The van der Waals surface area contributed by atoms with Crippen molar-refractivity contribution in [2.75, 3.05) is 6.61 Å². The molecule has 0 saturated heterocycles. The number of aryl methyl sites for hydroxylation is 2. The summed E-state index contributed by atoms with van der Waals surface area (Å²) in [6, 6.07) is 19.9. The molecule has 1 heterocycles. The van der Waals surface area contributed by atoms with Gasteiger partial charge in [0, 0.05) is 46.5 Å². The van der Waals surface area contributed by atoms with Crippen molar-refractivity contribution in [1.29, 1.82) is 0 Å². The largest absolute Gasteiger partial charge is 0.481 e. The fraction of sp³-hybridized carbons (Fsp3) is 0.226. The Morgan fingerprint density at radius 2 is 1.62 bits per heavy atom. The third kappa shape index (κ3) is 6.07. The van der Waals surface area contributed by atoms with Crippen LogP contribution in [0.25, 0.3) is 15.0 Å². The van der Waals surface area contributed by atoms with Crippen LogP contribution in [0.1, 0.15) is 47.1 Å². The first kappa shape index (κ1) is 26.1. The standard InChI is InChI=1S/C31H28FO4S/c1-20-16-26(37-27-9-7-6-8-24(27)18-28(37)22(3)33)17-21(2)30(20)35-19-29(34)36-31(4,5)15-14-23-10-12-25(32)13-11-23/h6-13,16-18H,19H2,1-5H3/q+1. The predicted octanol–water partition coefficient (Wildman–Crippen LogP) is 7.29. The molecule has 0 N–H and O–H groups in total. The molecule has 0 aliphatic rings. The molecule has 0 bridgehead atoms. The predicted molar refractivity (Wildman–Crippen MR) is 146 cm³/mol. The fourth-order valence-electron chi connectivity index (χ4n) is 4.09. The molecule has 1 unspecified atom stereocenters. The summed E-state index contributed by atoms with van der Waals surface area (Å²) in [6.07, 6.45) is 0. The number of hydrogen-bond donors (Lipinski definition) is 0. The van der Waals surface area contributed by atoms with E-state index in [-0.39, 0.29) is 18.2 Å². The van der Waals surface area contributed by atoms with Crippen LogP contribution < -0.4 is 4.74 Å². The summed E-state index contributed by atoms with van der Waals surface area (Å²) in [5.74, 6) is 5.59. The SMILES string of the molecule is CC(=O)c1cc2ccccc2[s+]1-c1cc(C)c(OCC(=O)OC(C)(C)C#Cc2ccc(F)cc2)c(C)c1. The minimum absolute atomic E-state index is 0.0584. The zero-order valence-electron chi connectivity index (χ0n) is 21.5. The van der Waals surface area contributed by atoms with Crippen LogP contribution in [0.3, 0.4) is 0 Å². The Morgan fingerprint density at radius 1 is 0.973 bits per heavy atom. The van der Waals surface area contributed by atoms with Crippen LogP contribution in [0.4, 0.5) is 4.39 Å². The van der Waals surface area contributed by atoms with Gasteiger partial charge in [-0.2, -0.15) is 0 Å². The number of carbonyl (C=O) groups is 2. The first-order chi connectivity index (χ1) is 17.5. The Morgan fingerprint density at radius 3 is 2.27 bits per heavy atom. The van der Waals surface area contributed by atoms with Gasteiger partial charge in [0.15, 0.2) is 21.8 Å². The van der Waals surface area contributed by atoms with Crippen molar-refractivity contribution in [1.82, 2.24) is 0 Å². The Bertz CT molecular complexity index is 1530. The zero-order valence-corrected chi connectivity index (χ0v) is 22.3. The van der Waals surface area contributed by atoms with E-state index >= 15 is 0 Å². The van der Waals surface area contributed by atoms with Gasteiger partial charge in [-0.05, 0) is 75.2 Å². The maximum absolute atomic E-state index is 13.1. The Hall–Kier alpha value is -3.95. The third-order valence-electron chi connectivity index (χ3n) is 5.72. The van der Waals surface area contributed by atoms with Gasteiger partial charge >= 0.3 is 5.97 Å². The number of esters is 1. The number of carbonyl (C=O) groups excluding carboxylic acids is 2. The number of rotatable bonds is 6. The van der Waals surface area contributed by atoms with Gasteiger partial charge in [0.1, 0.15) is 11.6 Å². The summed E-state index contributed by atoms with van der Waals surface area (Å²) in [5, 5.41) is 1.07. The van der Waals surface area contributed by atoms with E-state index < -0.39 is 22.0 Å². The summed E-state index contributed by atoms with van der Waals surface area (Å²) < 4.78 is 25.6. The molecule has 0 aliphatic carbocycles. The van der Waals surface area contributed by atoms with E-state index in [1.807, 2.05) is 50.2 Å². The summed E-state index contributed by atoms with van der Waals surface area (Å²) in [7, 11) is -0.480. The van der Waals surface area contributed by atoms with E-state index in [9.17, 15) is 14.0 Å². The van der Waals surface area contributed by atoms with Crippen LogP contribution in [0, 0.1) is 31.5 Å². The fourth-order valence-corrected chi connectivity index (χ4v) is 6.53. The second-order valence-corrected chi connectivity index (χ2v) is 11.3. The lowest BCUT2D eigenvalue weighted by Gasteiger charge is -2.19. The smallest absolute Gasteiger partial charge is 0.345 e. The normalized spacial score (nSPS) is 11.6. The number of ether oxygens (including phenoxy) is 2. The van der Waals surface area contributed by atoms with Crippen molar-refractivity contribution >= 4 is 32.3 Å². The summed E-state index contributed by atoms with van der Waals surface area (Å²) in [4.78, 5) is 26.8. The van der Waals surface area contributed by atoms with Gasteiger partial charge in [-0.3, -0.25) is 4.79 Å². The topological polar surface area (TPSA) is 52.6 Å². The molecular weight excluding hydrogens is 487 g/mol. The van der Waals surface area contributed by atoms with Crippen LogP contribution in [-0.2, 0) is 9.53 Å². The van der Waals surface area contributed by atoms with Crippen LogP contribution in [-0.4, -0.2) is 24.0 Å². The minimum atomic E-state index is -1.05. The van der Waals surface area contributed by atoms with Crippen LogP contribution in [0.5, 0.6) is 5.75 Å². The van der Waals surface area contributed by atoms with Crippen LogP contribution >= 0.6 is 10.5 Å². The maximum atomic E-state index is 13.1. The molecule has 6 heteroatoms. The third-order valence-corrected chi connectivity index (χ3v) is 8.08. The molecule has 0 amide bonds. The van der Waals surface area contributed by atoms with Crippen molar-refractivity contribution in [2.45, 2.75) is 40.2 Å². The van der Waals surface area contributed by atoms with E-state index in [1.54, 1.807) is 32.9 Å². The second-order valence-electron chi connectivity index (χ2n) is 9.32. The number of halogens is 1. The lowest BCUT2D eigenvalue weighted by Crippen LogP contribution is -2.29. The lowest BCUT2D eigenvalue weighted by atomic mass is 10.1. The number of fused-ring (bicyclic) bond motifs is 1. The van der Waals surface area contributed by atoms with Crippen LogP contribution in [0.2, 0.25) is 0 Å². The number of ketones is 1. The first-order valence-corrected chi connectivity index (χ1v) is 13.1. The molecule has 37 heavy (non-hydrogen) atoms. The molecule has 1 atom stereocenters. The molecule has 0 fully saturated rings. The van der Waals surface area contributed by atoms with E-state index in [0.29, 0.717) is 11.3 Å². The number of thiophene rings is 1. The van der Waals surface area contributed by atoms with Gasteiger partial charge in [0.25, 0.3) is 0 Å². The highest BCUT2D eigenvalue weighted by Gasteiger charge is 2.27. The number of Topliss-reactive ketones (excluding diaryl/α,β-unsaturated/α-hetero) is 1. The van der Waals surface area contributed by atoms with Crippen molar-refractivity contribution in [3.63, 3.8) is 0 Å². The molecule has 4 nitrogen and oxygen atoms in total. The van der Waals surface area contributed by atoms with Gasteiger partial charge in [0.05, 0.1) is 0 Å². The van der Waals surface area contributed by atoms with Crippen molar-refractivity contribution in [3.8, 4) is 22.5 Å². The van der Waals surface area contributed by atoms with Gasteiger partial charge in [-0.1, -0.05) is 24.0 Å². The molecule has 4 aromatic rings. The highest BCUT2D eigenvalue weighted by Crippen LogP contribution is 2.45. The highest BCUT2D eigenvalue weighted by atomic mass is 32.2. The molecule has 0 aliphatic heterocycles. The van der Waals surface area contributed by atoms with Crippen molar-refractivity contribution < 1.29 is 23.5 Å².